The molecule has 0 heterocycles. The Labute approximate surface area is 437 Å². The van der Waals surface area contributed by atoms with E-state index in [-0.39, 0.29) is 68.1 Å². The zero-order valence-corrected chi connectivity index (χ0v) is 46.0. The van der Waals surface area contributed by atoms with E-state index in [1.54, 1.807) is 136 Å². The van der Waals surface area contributed by atoms with Crippen LogP contribution in [0, 0.1) is 21.4 Å². The summed E-state index contributed by atoms with van der Waals surface area (Å²) in [6.07, 6.45) is -7.73. The average molecular weight is 1550 g/mol. The van der Waals surface area contributed by atoms with Gasteiger partial charge in [-0.25, -0.2) is 0 Å². The van der Waals surface area contributed by atoms with Crippen molar-refractivity contribution >= 4 is 182 Å². The first-order valence-corrected chi connectivity index (χ1v) is 24.2. The van der Waals surface area contributed by atoms with Crippen LogP contribution in [0.1, 0.15) is 41.4 Å². The molecule has 0 aliphatic carbocycles. The molecule has 21 nitrogen and oxygen atoms in total. The van der Waals surface area contributed by atoms with Gasteiger partial charge in [0, 0.05) is 61.5 Å². The number of amides is 6. The van der Waals surface area contributed by atoms with E-state index in [2.05, 4.69) is 10.6 Å². The van der Waals surface area contributed by atoms with Crippen molar-refractivity contribution in [3.05, 3.63) is 43.7 Å². The number of anilines is 2. The highest BCUT2D eigenvalue weighted by Gasteiger charge is 2.36. The Hall–Kier alpha value is -0.720. The number of benzene rings is 2. The minimum atomic E-state index is -1.84. The molecular formula is C35H44I6N6O15. The van der Waals surface area contributed by atoms with Crippen molar-refractivity contribution in [2.45, 2.75) is 30.5 Å². The van der Waals surface area contributed by atoms with Crippen molar-refractivity contribution < 1.29 is 74.7 Å². The number of nitrogens with one attached hydrogen (secondary N) is 2. The van der Waals surface area contributed by atoms with Crippen LogP contribution in [0.3, 0.4) is 0 Å². The van der Waals surface area contributed by atoms with Crippen LogP contribution in [0.25, 0.3) is 0 Å². The van der Waals surface area contributed by atoms with E-state index in [9.17, 15) is 74.7 Å². The lowest BCUT2D eigenvalue weighted by Crippen LogP contribution is -2.43. The summed E-state index contributed by atoms with van der Waals surface area (Å²) >= 11 is 10.7. The molecule has 4 atom stereocenters. The monoisotopic (exact) mass is 1550 g/mol. The van der Waals surface area contributed by atoms with Crippen molar-refractivity contribution in [1.29, 1.82) is 0 Å². The Morgan fingerprint density at radius 2 is 0.758 bits per heavy atom. The van der Waals surface area contributed by atoms with Crippen molar-refractivity contribution in [2.75, 3.05) is 90.6 Å². The number of carbonyl (C=O) groups excluding carboxylic acids is 6. The maximum atomic E-state index is 13.9. The summed E-state index contributed by atoms with van der Waals surface area (Å²) in [6, 6.07) is 0. The third kappa shape index (κ3) is 13.7. The maximum Gasteiger partial charge on any atom is 0.258 e. The van der Waals surface area contributed by atoms with Crippen LogP contribution in [0.5, 0.6) is 0 Å². The van der Waals surface area contributed by atoms with Gasteiger partial charge in [-0.2, -0.15) is 0 Å². The molecule has 0 radical (unpaired) electrons. The lowest BCUT2D eigenvalue weighted by atomic mass is 10.1. The summed E-state index contributed by atoms with van der Waals surface area (Å²) in [4.78, 5) is 85.5. The van der Waals surface area contributed by atoms with Crippen LogP contribution in [-0.4, -0.2) is 203 Å². The van der Waals surface area contributed by atoms with Gasteiger partial charge < -0.3 is 76.2 Å². The van der Waals surface area contributed by atoms with E-state index in [0.29, 0.717) is 0 Å². The molecule has 0 fully saturated rings. The van der Waals surface area contributed by atoms with Gasteiger partial charge in [-0.15, -0.1) is 0 Å². The molecule has 62 heavy (non-hydrogen) atoms. The molecule has 346 valence electrons. The molecule has 2 rings (SSSR count). The van der Waals surface area contributed by atoms with Crippen molar-refractivity contribution in [3.63, 3.8) is 0 Å². The molecule has 2 aromatic carbocycles. The summed E-state index contributed by atoms with van der Waals surface area (Å²) < 4.78 is 0.846. The first-order valence-electron chi connectivity index (χ1n) is 17.7. The predicted molar refractivity (Wildman–Crippen MR) is 273 cm³/mol. The van der Waals surface area contributed by atoms with Gasteiger partial charge in [0.2, 0.25) is 0 Å². The van der Waals surface area contributed by atoms with E-state index in [0.717, 1.165) is 19.6 Å². The summed E-state index contributed by atoms with van der Waals surface area (Å²) in [5.41, 5.74) is -0.338. The van der Waals surface area contributed by atoms with Crippen molar-refractivity contribution in [1.82, 2.24) is 20.4 Å². The fourth-order valence-corrected chi connectivity index (χ4v) is 15.1. The van der Waals surface area contributed by atoms with Gasteiger partial charge >= 0.3 is 0 Å². The standard InChI is InChI=1S/C35H44I6N6O15/c1-44(7-14(53)9-48)34(61)20-22(36)18(24(38)28(26(20)40)46(3)32(59)16(55)11-50)30(57)42-5-13(52)6-43-31(58)19-23(37)21(35(62)45(2)8-15(54)10-49)27(41)29(25(19)39)47(4)33(60)17(56)12-51/h13-17,48-56H,5-12H2,1-4H3,(H,42,57)(H,43,58). The molecule has 0 spiro atoms. The Kier molecular flexibility index (Phi) is 24.1. The highest BCUT2D eigenvalue weighted by Crippen LogP contribution is 2.40. The fraction of sp³-hybridized carbons (Fsp3) is 0.486. The summed E-state index contributed by atoms with van der Waals surface area (Å²) in [5.74, 6) is -4.99. The maximum absolute atomic E-state index is 13.9. The van der Waals surface area contributed by atoms with Crippen molar-refractivity contribution in [3.8, 4) is 0 Å². The highest BCUT2D eigenvalue weighted by molar-refractivity contribution is 14.1. The number of aliphatic hydroxyl groups is 9. The van der Waals surface area contributed by atoms with E-state index in [4.69, 9.17) is 0 Å². The minimum Gasteiger partial charge on any atom is -0.394 e. The summed E-state index contributed by atoms with van der Waals surface area (Å²) in [6.45, 7) is -4.70. The topological polar surface area (TPSA) is 322 Å². The Balaban J connectivity index is 2.57. The van der Waals surface area contributed by atoms with Gasteiger partial charge in [-0.1, -0.05) is 0 Å². The fourth-order valence-electron chi connectivity index (χ4n) is 5.45. The number of carbonyl (C=O) groups is 6. The molecule has 0 aromatic heterocycles. The first kappa shape index (κ1) is 57.4. The minimum absolute atomic E-state index is 0.0227. The number of hydrogen-bond acceptors (Lipinski definition) is 15. The van der Waals surface area contributed by atoms with E-state index in [1.807, 2.05) is 0 Å². The molecule has 0 aliphatic rings. The number of nitrogens with zero attached hydrogens (tertiary/aromatic N) is 4. The van der Waals surface area contributed by atoms with E-state index >= 15 is 0 Å². The van der Waals surface area contributed by atoms with Crippen LogP contribution < -0.4 is 20.4 Å². The van der Waals surface area contributed by atoms with Gasteiger partial charge in [0.05, 0.1) is 92.6 Å². The second-order valence-electron chi connectivity index (χ2n) is 13.4. The number of likely N-dealkylation sites (N-methyl/N-ethyl adjacent to an activating group) is 4. The first-order chi connectivity index (χ1) is 28.9. The van der Waals surface area contributed by atoms with Gasteiger partial charge in [-0.3, -0.25) is 28.8 Å². The zero-order valence-electron chi connectivity index (χ0n) is 33.1. The molecule has 4 unspecified atom stereocenters. The quantitative estimate of drug-likeness (QED) is 0.0660. The Bertz CT molecular complexity index is 1900. The number of hydrogen-bond donors (Lipinski definition) is 11. The summed E-state index contributed by atoms with van der Waals surface area (Å²) in [7, 11) is 5.23. The lowest BCUT2D eigenvalue weighted by Gasteiger charge is -2.28. The molecule has 0 bridgehead atoms. The predicted octanol–water partition coefficient (Wildman–Crippen LogP) is -1.68. The van der Waals surface area contributed by atoms with Crippen molar-refractivity contribution in [2.24, 2.45) is 0 Å². The molecule has 27 heteroatoms. The lowest BCUT2D eigenvalue weighted by molar-refractivity contribution is -0.128. The average Bonchev–Trinajstić information content (AvgIpc) is 3.22. The number of halogens is 6. The Morgan fingerprint density at radius 3 is 1.03 bits per heavy atom. The largest absolute Gasteiger partial charge is 0.394 e. The molecule has 11 N–H and O–H groups in total. The molecule has 0 aliphatic heterocycles. The number of aliphatic hydroxyl groups excluding tert-OH is 9. The third-order valence-electron chi connectivity index (χ3n) is 8.80. The smallest absolute Gasteiger partial charge is 0.258 e. The van der Waals surface area contributed by atoms with Gasteiger partial charge in [0.25, 0.3) is 35.4 Å². The summed E-state index contributed by atoms with van der Waals surface area (Å²) in [5, 5.41) is 93.9. The van der Waals surface area contributed by atoms with Crippen LogP contribution in [-0.2, 0) is 9.59 Å². The molecule has 0 saturated heterocycles. The highest BCUT2D eigenvalue weighted by atomic mass is 127. The van der Waals surface area contributed by atoms with Crippen LogP contribution in [0.2, 0.25) is 0 Å². The van der Waals surface area contributed by atoms with Crippen LogP contribution >= 0.6 is 136 Å². The zero-order chi connectivity index (χ0) is 47.7. The second-order valence-corrected chi connectivity index (χ2v) is 19.9. The van der Waals surface area contributed by atoms with Crippen LogP contribution in [0.4, 0.5) is 11.4 Å². The number of rotatable bonds is 20. The molecule has 2 aromatic rings. The van der Waals surface area contributed by atoms with Gasteiger partial charge in [0.1, 0.15) is 0 Å². The van der Waals surface area contributed by atoms with Crippen LogP contribution in [0.15, 0.2) is 0 Å². The van der Waals surface area contributed by atoms with E-state index < -0.39 is 105 Å². The van der Waals surface area contributed by atoms with E-state index in [1.165, 1.54) is 28.2 Å². The SMILES string of the molecule is CN(CC(O)CO)C(=O)c1c(I)c(C(=O)NCC(O)CNC(=O)c2c(I)c(C(=O)N(C)CC(O)CO)c(I)c(N(C)C(=O)C(O)CO)c2I)c(I)c(N(C)C(=O)C(O)CO)c1I. The third-order valence-corrected chi connectivity index (χ3v) is 15.2. The molecule has 6 amide bonds. The molecule has 0 saturated carbocycles. The normalized spacial score (nSPS) is 13.7. The Morgan fingerprint density at radius 1 is 0.468 bits per heavy atom. The van der Waals surface area contributed by atoms with Gasteiger partial charge in [-0.05, 0) is 136 Å². The second kappa shape index (κ2) is 26.0. The van der Waals surface area contributed by atoms with Gasteiger partial charge in [0.15, 0.2) is 12.2 Å². The molecular weight excluding hydrogens is 1510 g/mol.